The summed E-state index contributed by atoms with van der Waals surface area (Å²) in [4.78, 5) is 27.4. The molecule has 4 fully saturated rings. The van der Waals surface area contributed by atoms with Crippen molar-refractivity contribution in [3.05, 3.63) is 11.1 Å². The Morgan fingerprint density at radius 2 is 1.73 bits per heavy atom. The average Bonchev–Trinajstić information content (AvgIpc) is 3.01. The van der Waals surface area contributed by atoms with Crippen LogP contribution < -0.4 is 0 Å². The number of Topliss-reactive ketones (excluding diaryl/α,β-unsaturated/α-hetero) is 1. The largest absolute Gasteiger partial charge is 0.509 e. The van der Waals surface area contributed by atoms with Crippen molar-refractivity contribution in [1.82, 2.24) is 0 Å². The molecule has 0 aromatic heterocycles. The van der Waals surface area contributed by atoms with Crippen LogP contribution in [0.3, 0.4) is 0 Å². The highest BCUT2D eigenvalue weighted by Gasteiger charge is 2.78. The number of ether oxygens (including phenoxy) is 3. The van der Waals surface area contributed by atoms with Gasteiger partial charge < -0.3 is 19.3 Å². The Bertz CT molecular complexity index is 964. The number of allylic oxidation sites excluding steroid dienone is 1. The van der Waals surface area contributed by atoms with Gasteiger partial charge in [0.2, 0.25) is 0 Å². The molecule has 2 heterocycles. The van der Waals surface area contributed by atoms with Crippen molar-refractivity contribution < 1.29 is 28.9 Å². The zero-order valence-electron chi connectivity index (χ0n) is 21.6. The van der Waals surface area contributed by atoms with Gasteiger partial charge in [0.25, 0.3) is 0 Å². The van der Waals surface area contributed by atoms with Crippen molar-refractivity contribution >= 4 is 20.0 Å². The molecule has 0 aromatic rings. The molecule has 1 N–H and O–H groups in total. The lowest BCUT2D eigenvalue weighted by molar-refractivity contribution is -0.326. The normalized spacial score (nSPS) is 50.7. The van der Waals surface area contributed by atoms with Crippen LogP contribution in [0.1, 0.15) is 54.4 Å². The van der Waals surface area contributed by atoms with E-state index in [1.54, 1.807) is 0 Å². The van der Waals surface area contributed by atoms with Gasteiger partial charge in [-0.2, -0.15) is 0 Å². The Morgan fingerprint density at radius 3 is 2.27 bits per heavy atom. The second-order valence-corrected chi connectivity index (χ2v) is 18.8. The van der Waals surface area contributed by atoms with Crippen molar-refractivity contribution in [2.75, 3.05) is 6.61 Å². The monoisotopic (exact) mass is 476 g/mol. The van der Waals surface area contributed by atoms with Crippen molar-refractivity contribution in [3.8, 4) is 0 Å². The molecule has 33 heavy (non-hydrogen) atoms. The van der Waals surface area contributed by atoms with Gasteiger partial charge >= 0.3 is 6.16 Å². The van der Waals surface area contributed by atoms with Crippen molar-refractivity contribution in [1.29, 1.82) is 0 Å². The summed E-state index contributed by atoms with van der Waals surface area (Å²) >= 11 is 0. The molecule has 7 heteroatoms. The highest BCUT2D eigenvalue weighted by atomic mass is 28.3. The van der Waals surface area contributed by atoms with E-state index in [9.17, 15) is 14.7 Å². The van der Waals surface area contributed by atoms with Crippen LogP contribution >= 0.6 is 0 Å². The molecule has 3 aliphatic carbocycles. The number of hydrogen-bond donors (Lipinski definition) is 1. The minimum absolute atomic E-state index is 0.0185. The average molecular weight is 477 g/mol. The van der Waals surface area contributed by atoms with Crippen molar-refractivity contribution in [3.63, 3.8) is 0 Å². The van der Waals surface area contributed by atoms with E-state index in [0.717, 1.165) is 5.57 Å². The van der Waals surface area contributed by atoms with Gasteiger partial charge in [0.15, 0.2) is 11.7 Å². The first-order chi connectivity index (χ1) is 15.0. The summed E-state index contributed by atoms with van der Waals surface area (Å²) < 4.78 is 18.1. The first-order valence-electron chi connectivity index (χ1n) is 12.5. The summed E-state index contributed by atoms with van der Waals surface area (Å²) in [6, 6.07) is 0. The molecular weight excluding hydrogens is 436 g/mol. The summed E-state index contributed by atoms with van der Waals surface area (Å²) in [6.45, 7) is 19.7. The summed E-state index contributed by atoms with van der Waals surface area (Å²) in [5, 5.41) is 12.0. The van der Waals surface area contributed by atoms with Gasteiger partial charge in [-0.3, -0.25) is 4.79 Å². The zero-order valence-corrected chi connectivity index (χ0v) is 22.6. The van der Waals surface area contributed by atoms with E-state index >= 15 is 0 Å². The minimum atomic E-state index is -1.74. The highest BCUT2D eigenvalue weighted by molar-refractivity contribution is 6.78. The lowest BCUT2D eigenvalue weighted by Gasteiger charge is -2.66. The number of aliphatic hydroxyl groups is 1. The van der Waals surface area contributed by atoms with Crippen LogP contribution in [0.15, 0.2) is 11.1 Å². The van der Waals surface area contributed by atoms with Crippen molar-refractivity contribution in [2.24, 2.45) is 28.6 Å². The van der Waals surface area contributed by atoms with Crippen molar-refractivity contribution in [2.45, 2.75) is 103 Å². The molecule has 2 saturated carbocycles. The molecule has 9 atom stereocenters. The molecule has 2 saturated heterocycles. The maximum absolute atomic E-state index is 14.5. The van der Waals surface area contributed by atoms with E-state index in [2.05, 4.69) is 47.3 Å². The lowest BCUT2D eigenvalue weighted by atomic mass is 9.43. The third-order valence-electron chi connectivity index (χ3n) is 10.7. The van der Waals surface area contributed by atoms with Gasteiger partial charge in [0.1, 0.15) is 11.4 Å². The number of fused-ring (bicyclic) bond motifs is 5. The smallest absolute Gasteiger partial charge is 0.426 e. The summed E-state index contributed by atoms with van der Waals surface area (Å²) in [5.74, 6) is -0.772. The molecule has 0 unspecified atom stereocenters. The van der Waals surface area contributed by atoms with Gasteiger partial charge in [-0.1, -0.05) is 65.4 Å². The fourth-order valence-electron chi connectivity index (χ4n) is 8.76. The van der Waals surface area contributed by atoms with E-state index in [0.29, 0.717) is 12.8 Å². The number of carbonyl (C=O) groups is 2. The number of hydrogen-bond acceptors (Lipinski definition) is 6. The quantitative estimate of drug-likeness (QED) is 0.335. The third-order valence-corrected chi connectivity index (χ3v) is 13.4. The van der Waals surface area contributed by atoms with Crippen LogP contribution in [-0.4, -0.2) is 55.1 Å². The molecular formula is C26H40O6Si. The Kier molecular flexibility index (Phi) is 4.65. The number of carbonyl (C=O) groups excluding carboxylic acids is 2. The molecule has 5 aliphatic rings. The lowest BCUT2D eigenvalue weighted by Crippen LogP contribution is -2.78. The predicted molar refractivity (Wildman–Crippen MR) is 127 cm³/mol. The third kappa shape index (κ3) is 2.57. The maximum Gasteiger partial charge on any atom is 0.509 e. The molecule has 5 rings (SSSR count). The Balaban J connectivity index is 1.85. The van der Waals surface area contributed by atoms with Gasteiger partial charge in [0.05, 0.1) is 20.8 Å². The molecule has 0 amide bonds. The summed E-state index contributed by atoms with van der Waals surface area (Å²) in [6.07, 6.45) is -0.437. The maximum atomic E-state index is 14.5. The first kappa shape index (κ1) is 23.6. The number of ketones is 1. The van der Waals surface area contributed by atoms with Crippen LogP contribution in [-0.2, 0) is 19.0 Å². The molecule has 2 aliphatic heterocycles. The minimum Gasteiger partial charge on any atom is -0.426 e. The van der Waals surface area contributed by atoms with Gasteiger partial charge in [-0.05, 0) is 31.2 Å². The summed E-state index contributed by atoms with van der Waals surface area (Å²) in [7, 11) is -1.74. The summed E-state index contributed by atoms with van der Waals surface area (Å²) in [5.41, 5.74) is -0.939. The predicted octanol–water partition coefficient (Wildman–Crippen LogP) is 4.73. The zero-order chi connectivity index (χ0) is 24.5. The molecule has 1 spiro atoms. The van der Waals surface area contributed by atoms with Crippen LogP contribution in [0.4, 0.5) is 4.79 Å². The molecule has 0 aromatic carbocycles. The number of rotatable bonds is 1. The topological polar surface area (TPSA) is 82.1 Å². The van der Waals surface area contributed by atoms with Crippen LogP contribution in [0.2, 0.25) is 25.2 Å². The molecule has 184 valence electrons. The fraction of sp³-hybridized carbons (Fsp3) is 0.846. The Morgan fingerprint density at radius 1 is 1.09 bits per heavy atom. The first-order valence-corrected chi connectivity index (χ1v) is 16.1. The van der Waals surface area contributed by atoms with Gasteiger partial charge in [-0.15, -0.1) is 0 Å². The second kappa shape index (κ2) is 6.52. The van der Waals surface area contributed by atoms with E-state index in [4.69, 9.17) is 14.2 Å². The van der Waals surface area contributed by atoms with E-state index in [1.807, 2.05) is 13.8 Å². The highest BCUT2D eigenvalue weighted by Crippen LogP contribution is 2.69. The van der Waals surface area contributed by atoms with Crippen LogP contribution in [0.25, 0.3) is 0 Å². The van der Waals surface area contributed by atoms with Crippen LogP contribution in [0, 0.1) is 28.6 Å². The SMILES string of the molecule is CC1=C2[C@@H](C)C(=O)[C@@]3(C)[C@H]([C@@H]4OC(=O)O[C@@]4(C[C@@H]1[Si](C)(C)C)C2(C)C)[C@]1(O)CO[C@@H]1C[C@@H]3C. The van der Waals surface area contributed by atoms with E-state index < -0.39 is 48.3 Å². The molecule has 0 radical (unpaired) electrons. The van der Waals surface area contributed by atoms with E-state index in [1.165, 1.54) is 5.57 Å². The van der Waals surface area contributed by atoms with Gasteiger partial charge in [-0.25, -0.2) is 4.79 Å². The second-order valence-electron chi connectivity index (χ2n) is 13.4. The standard InChI is InChI=1S/C26H40O6Si/c1-13-10-17-25(29,12-30-17)19-21-26(32-22(28)31-21)11-16(33(7,8)9)14(2)18(23(26,4)5)15(3)20(27)24(13,19)6/h13,15-17,19,21,29H,10-12H2,1-9H3/t13-,15+,16-,17+,19-,21-,24+,25-,26+/m0/s1. The Hall–Kier alpha value is -1.18. The molecule has 6 nitrogen and oxygen atoms in total. The van der Waals surface area contributed by atoms with Gasteiger partial charge in [0, 0.05) is 22.7 Å². The van der Waals surface area contributed by atoms with E-state index in [-0.39, 0.29) is 35.9 Å². The fourth-order valence-corrected chi connectivity index (χ4v) is 11.1. The van der Waals surface area contributed by atoms with Crippen LogP contribution in [0.5, 0.6) is 0 Å². The Labute approximate surface area is 198 Å². The molecule has 2 bridgehead atoms.